The van der Waals surface area contributed by atoms with Crippen molar-refractivity contribution >= 4 is 11.9 Å². The van der Waals surface area contributed by atoms with Gasteiger partial charge in [0.1, 0.15) is 0 Å². The third kappa shape index (κ3) is 2.86. The summed E-state index contributed by atoms with van der Waals surface area (Å²) in [5, 5.41) is 0. The van der Waals surface area contributed by atoms with Crippen molar-refractivity contribution < 1.29 is 0 Å². The van der Waals surface area contributed by atoms with Gasteiger partial charge in [-0.3, -0.25) is 4.99 Å². The third-order valence-corrected chi connectivity index (χ3v) is 3.03. The maximum atomic E-state index is 4.67. The van der Waals surface area contributed by atoms with Gasteiger partial charge in [0.15, 0.2) is 0 Å². The molecule has 0 fully saturated rings. The molecule has 0 aliphatic carbocycles. The Hall–Kier alpha value is -1.89. The highest BCUT2D eigenvalue weighted by Gasteiger charge is 2.07. The van der Waals surface area contributed by atoms with Crippen molar-refractivity contribution in [2.24, 2.45) is 4.99 Å². The van der Waals surface area contributed by atoms with Crippen molar-refractivity contribution in [3.05, 3.63) is 65.2 Å². The normalized spacial score (nSPS) is 11.3. The van der Waals surface area contributed by atoms with E-state index >= 15 is 0 Å². The number of hydrogen-bond donors (Lipinski definition) is 0. The van der Waals surface area contributed by atoms with Crippen molar-refractivity contribution in [1.29, 1.82) is 0 Å². The van der Waals surface area contributed by atoms with Gasteiger partial charge in [0.05, 0.1) is 5.69 Å². The summed E-state index contributed by atoms with van der Waals surface area (Å²) < 4.78 is 0. The highest BCUT2D eigenvalue weighted by Crippen LogP contribution is 2.29. The van der Waals surface area contributed by atoms with Crippen LogP contribution in [0.3, 0.4) is 0 Å². The lowest BCUT2D eigenvalue weighted by molar-refractivity contribution is 0.865. The van der Waals surface area contributed by atoms with Gasteiger partial charge >= 0.3 is 0 Å². The standard InChI is InChI=1S/C17H19N/c1-13(2)16-11-7-8-14(3)17(16)18-12-15-9-5-4-6-10-15/h4-13H,1-3H3. The molecule has 2 rings (SSSR count). The second-order valence-electron chi connectivity index (χ2n) is 4.84. The summed E-state index contributed by atoms with van der Waals surface area (Å²) in [5.74, 6) is 0.493. The van der Waals surface area contributed by atoms with E-state index in [4.69, 9.17) is 0 Å². The summed E-state index contributed by atoms with van der Waals surface area (Å²) in [7, 11) is 0. The molecular formula is C17H19N. The molecule has 2 aromatic carbocycles. The molecule has 0 spiro atoms. The molecule has 0 aliphatic rings. The first-order chi connectivity index (χ1) is 8.68. The number of para-hydroxylation sites is 1. The maximum absolute atomic E-state index is 4.67. The number of benzene rings is 2. The molecule has 0 N–H and O–H groups in total. The molecule has 0 unspecified atom stereocenters. The molecule has 2 aromatic rings. The number of aryl methyl sites for hydroxylation is 1. The summed E-state index contributed by atoms with van der Waals surface area (Å²) in [5.41, 5.74) is 4.78. The molecule has 0 bridgehead atoms. The Bertz CT molecular complexity index is 539. The van der Waals surface area contributed by atoms with Crippen LogP contribution in [0, 0.1) is 6.92 Å². The lowest BCUT2D eigenvalue weighted by Crippen LogP contribution is -1.90. The molecule has 0 saturated heterocycles. The van der Waals surface area contributed by atoms with Gasteiger partial charge in [0.25, 0.3) is 0 Å². The zero-order valence-electron chi connectivity index (χ0n) is 11.2. The van der Waals surface area contributed by atoms with E-state index in [1.54, 1.807) is 0 Å². The first-order valence-corrected chi connectivity index (χ1v) is 6.37. The summed E-state index contributed by atoms with van der Waals surface area (Å²) in [4.78, 5) is 4.67. The van der Waals surface area contributed by atoms with E-state index < -0.39 is 0 Å². The fourth-order valence-corrected chi connectivity index (χ4v) is 2.00. The largest absolute Gasteiger partial charge is 0.256 e. The van der Waals surface area contributed by atoms with Gasteiger partial charge in [-0.25, -0.2) is 0 Å². The second kappa shape index (κ2) is 5.63. The van der Waals surface area contributed by atoms with Crippen LogP contribution >= 0.6 is 0 Å². The zero-order valence-corrected chi connectivity index (χ0v) is 11.2. The van der Waals surface area contributed by atoms with E-state index in [1.165, 1.54) is 11.1 Å². The van der Waals surface area contributed by atoms with Crippen LogP contribution in [0.2, 0.25) is 0 Å². The minimum atomic E-state index is 0.493. The van der Waals surface area contributed by atoms with E-state index in [-0.39, 0.29) is 0 Å². The predicted octanol–water partition coefficient (Wildman–Crippen LogP) is 4.87. The van der Waals surface area contributed by atoms with Crippen LogP contribution in [0.25, 0.3) is 0 Å². The van der Waals surface area contributed by atoms with Crippen molar-refractivity contribution in [3.8, 4) is 0 Å². The molecule has 92 valence electrons. The van der Waals surface area contributed by atoms with Crippen molar-refractivity contribution in [3.63, 3.8) is 0 Å². The second-order valence-corrected chi connectivity index (χ2v) is 4.84. The Kier molecular flexibility index (Phi) is 3.93. The third-order valence-electron chi connectivity index (χ3n) is 3.03. The van der Waals surface area contributed by atoms with E-state index in [2.05, 4.69) is 56.1 Å². The molecule has 0 amide bonds. The van der Waals surface area contributed by atoms with Crippen LogP contribution < -0.4 is 0 Å². The molecule has 18 heavy (non-hydrogen) atoms. The highest BCUT2D eigenvalue weighted by atomic mass is 14.7. The Labute approximate surface area is 109 Å². The van der Waals surface area contributed by atoms with Crippen molar-refractivity contribution in [2.45, 2.75) is 26.7 Å². The molecule has 0 aliphatic heterocycles. The fraction of sp³-hybridized carbons (Fsp3) is 0.235. The summed E-state index contributed by atoms with van der Waals surface area (Å²) in [6, 6.07) is 16.6. The lowest BCUT2D eigenvalue weighted by atomic mass is 9.98. The van der Waals surface area contributed by atoms with Gasteiger partial charge in [-0.15, -0.1) is 0 Å². The summed E-state index contributed by atoms with van der Waals surface area (Å²) >= 11 is 0. The lowest BCUT2D eigenvalue weighted by Gasteiger charge is -2.11. The first kappa shape index (κ1) is 12.6. The van der Waals surface area contributed by atoms with E-state index in [0.717, 1.165) is 11.3 Å². The van der Waals surface area contributed by atoms with Gasteiger partial charge in [0.2, 0.25) is 0 Å². The summed E-state index contributed by atoms with van der Waals surface area (Å²) in [6.07, 6.45) is 1.94. The highest BCUT2D eigenvalue weighted by molar-refractivity contribution is 5.82. The van der Waals surface area contributed by atoms with Crippen LogP contribution in [0.4, 0.5) is 5.69 Å². The van der Waals surface area contributed by atoms with Crippen molar-refractivity contribution in [2.75, 3.05) is 0 Å². The van der Waals surface area contributed by atoms with Gasteiger partial charge in [-0.05, 0) is 29.5 Å². The Morgan fingerprint density at radius 2 is 1.67 bits per heavy atom. The van der Waals surface area contributed by atoms with Crippen molar-refractivity contribution in [1.82, 2.24) is 0 Å². The van der Waals surface area contributed by atoms with Gasteiger partial charge < -0.3 is 0 Å². The number of nitrogens with zero attached hydrogens (tertiary/aromatic N) is 1. The first-order valence-electron chi connectivity index (χ1n) is 6.37. The number of hydrogen-bond acceptors (Lipinski definition) is 1. The van der Waals surface area contributed by atoms with E-state index in [0.29, 0.717) is 5.92 Å². The van der Waals surface area contributed by atoms with Gasteiger partial charge in [0, 0.05) is 6.21 Å². The molecule has 0 aromatic heterocycles. The van der Waals surface area contributed by atoms with E-state index in [1.807, 2.05) is 24.4 Å². The predicted molar refractivity (Wildman–Crippen MR) is 79.0 cm³/mol. The monoisotopic (exact) mass is 237 g/mol. The summed E-state index contributed by atoms with van der Waals surface area (Å²) in [6.45, 7) is 6.52. The average molecular weight is 237 g/mol. The maximum Gasteiger partial charge on any atom is 0.0693 e. The Morgan fingerprint density at radius 3 is 2.33 bits per heavy atom. The van der Waals surface area contributed by atoms with Crippen LogP contribution in [-0.4, -0.2) is 6.21 Å². The topological polar surface area (TPSA) is 12.4 Å². The average Bonchev–Trinajstić information content (AvgIpc) is 2.38. The smallest absolute Gasteiger partial charge is 0.0693 e. The molecule has 0 atom stereocenters. The van der Waals surface area contributed by atoms with E-state index in [9.17, 15) is 0 Å². The van der Waals surface area contributed by atoms with Crippen LogP contribution in [0.1, 0.15) is 36.5 Å². The van der Waals surface area contributed by atoms with Crippen LogP contribution in [-0.2, 0) is 0 Å². The number of rotatable bonds is 3. The molecule has 0 heterocycles. The molecule has 1 nitrogen and oxygen atoms in total. The Morgan fingerprint density at radius 1 is 0.944 bits per heavy atom. The van der Waals surface area contributed by atoms with Gasteiger partial charge in [-0.2, -0.15) is 0 Å². The Balaban J connectivity index is 2.37. The molecular weight excluding hydrogens is 218 g/mol. The zero-order chi connectivity index (χ0) is 13.0. The SMILES string of the molecule is Cc1cccc(C(C)C)c1N=Cc1ccccc1. The minimum absolute atomic E-state index is 0.493. The minimum Gasteiger partial charge on any atom is -0.256 e. The van der Waals surface area contributed by atoms with Gasteiger partial charge in [-0.1, -0.05) is 62.4 Å². The fourth-order valence-electron chi connectivity index (χ4n) is 2.00. The molecule has 0 radical (unpaired) electrons. The van der Waals surface area contributed by atoms with Crippen LogP contribution in [0.5, 0.6) is 0 Å². The number of aliphatic imine (C=N–C) groups is 1. The molecule has 0 saturated carbocycles. The van der Waals surface area contributed by atoms with Crippen LogP contribution in [0.15, 0.2) is 53.5 Å². The quantitative estimate of drug-likeness (QED) is 0.675. The molecule has 1 heteroatoms.